The molecule has 0 saturated carbocycles. The van der Waals surface area contributed by atoms with Crippen LogP contribution in [0, 0.1) is 0 Å². The third-order valence-electron chi connectivity index (χ3n) is 1.92. The maximum absolute atomic E-state index is 12.1. The largest absolute Gasteiger partial charge is 0.493 e. The van der Waals surface area contributed by atoms with E-state index in [1.54, 1.807) is 0 Å². The molecular formula is C9H11BF3O2-. The Morgan fingerprint density at radius 1 is 1.07 bits per heavy atom. The van der Waals surface area contributed by atoms with Gasteiger partial charge in [-0.25, -0.2) is 0 Å². The van der Waals surface area contributed by atoms with Crippen LogP contribution >= 0.6 is 0 Å². The first-order chi connectivity index (χ1) is 6.96. The standard InChI is InChI=1S/C9H11BF3O2/c1-14-8-4-3-7(5-9(8)15-2)6-10(11,12)13/h3-5H,6H2,1-2H3/q-1. The van der Waals surface area contributed by atoms with E-state index in [0.717, 1.165) is 0 Å². The molecule has 6 heteroatoms. The molecule has 0 aliphatic heterocycles. The average Bonchev–Trinajstić information content (AvgIpc) is 2.15. The molecule has 0 N–H and O–H groups in total. The highest BCUT2D eigenvalue weighted by Crippen LogP contribution is 2.29. The number of rotatable bonds is 4. The highest BCUT2D eigenvalue weighted by molar-refractivity contribution is 6.57. The van der Waals surface area contributed by atoms with Crippen LogP contribution in [0.1, 0.15) is 5.56 Å². The fourth-order valence-corrected chi connectivity index (χ4v) is 1.27. The Labute approximate surface area is 86.1 Å². The van der Waals surface area contributed by atoms with Gasteiger partial charge in [0.1, 0.15) is 0 Å². The molecule has 0 spiro atoms. The van der Waals surface area contributed by atoms with Gasteiger partial charge in [-0.1, -0.05) is 17.9 Å². The molecule has 0 unspecified atom stereocenters. The van der Waals surface area contributed by atoms with Gasteiger partial charge >= 0.3 is 6.98 Å². The van der Waals surface area contributed by atoms with E-state index in [-0.39, 0.29) is 5.56 Å². The van der Waals surface area contributed by atoms with Crippen molar-refractivity contribution < 1.29 is 22.4 Å². The van der Waals surface area contributed by atoms with E-state index in [9.17, 15) is 12.9 Å². The van der Waals surface area contributed by atoms with Crippen molar-refractivity contribution in [3.63, 3.8) is 0 Å². The summed E-state index contributed by atoms with van der Waals surface area (Å²) < 4.78 is 46.3. The van der Waals surface area contributed by atoms with Crippen molar-refractivity contribution in [3.05, 3.63) is 23.8 Å². The Morgan fingerprint density at radius 3 is 2.13 bits per heavy atom. The number of hydrogen-bond acceptors (Lipinski definition) is 2. The lowest BCUT2D eigenvalue weighted by molar-refractivity contribution is 0.354. The van der Waals surface area contributed by atoms with E-state index in [1.165, 1.54) is 32.4 Å². The zero-order chi connectivity index (χ0) is 11.5. The molecule has 0 fully saturated rings. The minimum Gasteiger partial charge on any atom is -0.493 e. The summed E-state index contributed by atoms with van der Waals surface area (Å²) in [7, 11) is 2.82. The van der Waals surface area contributed by atoms with Gasteiger partial charge in [-0.15, -0.1) is 0 Å². The van der Waals surface area contributed by atoms with Crippen LogP contribution in [0.2, 0.25) is 0 Å². The molecule has 1 aromatic rings. The predicted molar refractivity (Wildman–Crippen MR) is 52.3 cm³/mol. The molecule has 0 saturated heterocycles. The van der Waals surface area contributed by atoms with Crippen LogP contribution in [-0.2, 0) is 6.32 Å². The lowest BCUT2D eigenvalue weighted by Gasteiger charge is -2.15. The summed E-state index contributed by atoms with van der Waals surface area (Å²) in [5.41, 5.74) is 0.181. The van der Waals surface area contributed by atoms with Crippen LogP contribution in [-0.4, -0.2) is 21.2 Å². The van der Waals surface area contributed by atoms with Crippen molar-refractivity contribution in [2.45, 2.75) is 6.32 Å². The Balaban J connectivity index is 2.93. The first kappa shape index (κ1) is 11.7. The van der Waals surface area contributed by atoms with Crippen LogP contribution in [0.25, 0.3) is 0 Å². The molecule has 1 rings (SSSR count). The third-order valence-corrected chi connectivity index (χ3v) is 1.92. The van der Waals surface area contributed by atoms with Crippen LogP contribution in [0.15, 0.2) is 18.2 Å². The summed E-state index contributed by atoms with van der Waals surface area (Å²) in [5.74, 6) is 0.742. The van der Waals surface area contributed by atoms with Gasteiger partial charge in [-0.2, -0.15) is 0 Å². The lowest BCUT2D eigenvalue weighted by Crippen LogP contribution is -2.19. The highest BCUT2D eigenvalue weighted by atomic mass is 19.4. The van der Waals surface area contributed by atoms with Crippen LogP contribution < -0.4 is 9.47 Å². The second-order valence-electron chi connectivity index (χ2n) is 3.10. The van der Waals surface area contributed by atoms with Gasteiger partial charge in [0.2, 0.25) is 0 Å². The Morgan fingerprint density at radius 2 is 1.67 bits per heavy atom. The Hall–Kier alpha value is -1.33. The second-order valence-corrected chi connectivity index (χ2v) is 3.10. The summed E-state index contributed by atoms with van der Waals surface area (Å²) in [6.45, 7) is -4.82. The summed E-state index contributed by atoms with van der Waals surface area (Å²) in [5, 5.41) is 0. The normalized spacial score (nSPS) is 11.3. The van der Waals surface area contributed by atoms with Crippen molar-refractivity contribution in [2.75, 3.05) is 14.2 Å². The van der Waals surface area contributed by atoms with Gasteiger partial charge in [-0.3, -0.25) is 0 Å². The third kappa shape index (κ3) is 3.38. The molecule has 0 aliphatic carbocycles. The molecule has 0 heterocycles. The van der Waals surface area contributed by atoms with Gasteiger partial charge < -0.3 is 22.4 Å². The monoisotopic (exact) mass is 219 g/mol. The molecule has 15 heavy (non-hydrogen) atoms. The first-order valence-electron chi connectivity index (χ1n) is 4.38. The number of halogens is 3. The average molecular weight is 219 g/mol. The maximum atomic E-state index is 12.1. The van der Waals surface area contributed by atoms with Gasteiger partial charge in [0.25, 0.3) is 0 Å². The molecular weight excluding hydrogens is 208 g/mol. The Kier molecular flexibility index (Phi) is 3.50. The van der Waals surface area contributed by atoms with E-state index in [2.05, 4.69) is 0 Å². The minimum absolute atomic E-state index is 0.181. The van der Waals surface area contributed by atoms with E-state index in [1.807, 2.05) is 0 Å². The Bertz CT molecular complexity index is 339. The van der Waals surface area contributed by atoms with Crippen LogP contribution in [0.4, 0.5) is 12.9 Å². The smallest absolute Gasteiger partial charge is 0.482 e. The lowest BCUT2D eigenvalue weighted by atomic mass is 9.82. The number of hydrogen-bond donors (Lipinski definition) is 0. The van der Waals surface area contributed by atoms with E-state index >= 15 is 0 Å². The molecule has 0 amide bonds. The highest BCUT2D eigenvalue weighted by Gasteiger charge is 2.23. The molecule has 2 nitrogen and oxygen atoms in total. The fourth-order valence-electron chi connectivity index (χ4n) is 1.27. The molecule has 0 atom stereocenters. The second kappa shape index (κ2) is 4.46. The number of methoxy groups -OCH3 is 2. The molecule has 0 radical (unpaired) electrons. The van der Waals surface area contributed by atoms with E-state index in [4.69, 9.17) is 9.47 Å². The van der Waals surface area contributed by atoms with Gasteiger partial charge in [0, 0.05) is 0 Å². The topological polar surface area (TPSA) is 18.5 Å². The first-order valence-corrected chi connectivity index (χ1v) is 4.38. The quantitative estimate of drug-likeness (QED) is 0.724. The van der Waals surface area contributed by atoms with Gasteiger partial charge in [0.05, 0.1) is 14.2 Å². The van der Waals surface area contributed by atoms with E-state index in [0.29, 0.717) is 11.5 Å². The maximum Gasteiger partial charge on any atom is 0.482 e. The van der Waals surface area contributed by atoms with Crippen molar-refractivity contribution in [2.24, 2.45) is 0 Å². The zero-order valence-corrected chi connectivity index (χ0v) is 8.47. The summed E-state index contributed by atoms with van der Waals surface area (Å²) >= 11 is 0. The van der Waals surface area contributed by atoms with Crippen molar-refractivity contribution in [3.8, 4) is 11.5 Å². The van der Waals surface area contributed by atoms with Gasteiger partial charge in [-0.05, 0) is 12.1 Å². The molecule has 84 valence electrons. The fraction of sp³-hybridized carbons (Fsp3) is 0.333. The summed E-state index contributed by atoms with van der Waals surface area (Å²) in [6.07, 6.45) is -0.902. The number of benzene rings is 1. The van der Waals surface area contributed by atoms with Gasteiger partial charge in [0.15, 0.2) is 11.5 Å². The minimum atomic E-state index is -4.82. The van der Waals surface area contributed by atoms with Crippen LogP contribution in [0.3, 0.4) is 0 Å². The summed E-state index contributed by atoms with van der Waals surface area (Å²) in [6, 6.07) is 4.20. The van der Waals surface area contributed by atoms with Crippen molar-refractivity contribution in [1.82, 2.24) is 0 Å². The predicted octanol–water partition coefficient (Wildman–Crippen LogP) is 2.63. The molecule has 0 aromatic heterocycles. The van der Waals surface area contributed by atoms with Crippen molar-refractivity contribution >= 4 is 6.98 Å². The molecule has 1 aromatic carbocycles. The van der Waals surface area contributed by atoms with E-state index < -0.39 is 13.3 Å². The van der Waals surface area contributed by atoms with Crippen molar-refractivity contribution in [1.29, 1.82) is 0 Å². The molecule has 0 bridgehead atoms. The SMILES string of the molecule is COc1ccc(C[B-](F)(F)F)cc1OC. The summed E-state index contributed by atoms with van der Waals surface area (Å²) in [4.78, 5) is 0. The zero-order valence-electron chi connectivity index (χ0n) is 8.47. The molecule has 0 aliphatic rings. The van der Waals surface area contributed by atoms with Crippen LogP contribution in [0.5, 0.6) is 11.5 Å². The number of ether oxygens (including phenoxy) is 2.